The lowest BCUT2D eigenvalue weighted by Gasteiger charge is -2.09. The maximum absolute atomic E-state index is 11.2. The molecule has 0 amide bonds. The molecule has 0 fully saturated rings. The van der Waals surface area contributed by atoms with Crippen molar-refractivity contribution < 1.29 is 19.4 Å². The zero-order valence-electron chi connectivity index (χ0n) is 9.27. The van der Waals surface area contributed by atoms with E-state index in [1.807, 2.05) is 31.2 Å². The molecule has 1 N–H and O–H groups in total. The molecule has 0 spiro atoms. The highest BCUT2D eigenvalue weighted by Crippen LogP contribution is 2.12. The second-order valence-electron chi connectivity index (χ2n) is 3.60. The Labute approximate surface area is 93.9 Å². The van der Waals surface area contributed by atoms with E-state index in [1.54, 1.807) is 0 Å². The van der Waals surface area contributed by atoms with Gasteiger partial charge in [0.2, 0.25) is 0 Å². The molecule has 0 bridgehead atoms. The van der Waals surface area contributed by atoms with Crippen LogP contribution < -0.4 is 0 Å². The molecule has 1 atom stereocenters. The molecular weight excluding hydrogens is 208 g/mol. The number of aliphatic carboxylic acids is 1. The van der Waals surface area contributed by atoms with Crippen molar-refractivity contribution in [3.63, 3.8) is 0 Å². The number of benzene rings is 1. The molecule has 0 aromatic heterocycles. The predicted octanol–water partition coefficient (Wildman–Crippen LogP) is 1.41. The van der Waals surface area contributed by atoms with Crippen molar-refractivity contribution >= 4 is 11.9 Å². The van der Waals surface area contributed by atoms with Crippen molar-refractivity contribution in [2.45, 2.75) is 13.3 Å². The number of hydrogen-bond donors (Lipinski definition) is 1. The Kier molecular flexibility index (Phi) is 4.05. The third-order valence-corrected chi connectivity index (χ3v) is 2.34. The van der Waals surface area contributed by atoms with E-state index in [-0.39, 0.29) is 6.42 Å². The number of carbonyl (C=O) groups is 2. The van der Waals surface area contributed by atoms with Crippen molar-refractivity contribution in [3.05, 3.63) is 35.4 Å². The first-order valence-corrected chi connectivity index (χ1v) is 4.90. The van der Waals surface area contributed by atoms with E-state index in [4.69, 9.17) is 5.11 Å². The Hall–Kier alpha value is -1.84. The molecule has 0 aliphatic heterocycles. The molecule has 4 nitrogen and oxygen atoms in total. The quantitative estimate of drug-likeness (QED) is 0.618. The number of carbonyl (C=O) groups excluding carboxylic acids is 1. The summed E-state index contributed by atoms with van der Waals surface area (Å²) in [5, 5.41) is 8.89. The largest absolute Gasteiger partial charge is 0.481 e. The Morgan fingerprint density at radius 1 is 1.31 bits per heavy atom. The van der Waals surface area contributed by atoms with Crippen LogP contribution in [0.1, 0.15) is 11.1 Å². The summed E-state index contributed by atoms with van der Waals surface area (Å²) in [6.45, 7) is 1.94. The highest BCUT2D eigenvalue weighted by molar-refractivity contribution is 5.94. The van der Waals surface area contributed by atoms with Crippen LogP contribution in [-0.2, 0) is 20.7 Å². The van der Waals surface area contributed by atoms with Gasteiger partial charge in [0.05, 0.1) is 7.11 Å². The third-order valence-electron chi connectivity index (χ3n) is 2.34. The van der Waals surface area contributed by atoms with Gasteiger partial charge in [0.1, 0.15) is 0 Å². The van der Waals surface area contributed by atoms with Crippen LogP contribution in [0.2, 0.25) is 0 Å². The zero-order valence-corrected chi connectivity index (χ0v) is 9.27. The monoisotopic (exact) mass is 222 g/mol. The maximum atomic E-state index is 11.2. The highest BCUT2D eigenvalue weighted by Gasteiger charge is 2.27. The van der Waals surface area contributed by atoms with Crippen LogP contribution in [0.3, 0.4) is 0 Å². The molecule has 1 unspecified atom stereocenters. The number of rotatable bonds is 4. The molecular formula is C12H14O4. The molecule has 16 heavy (non-hydrogen) atoms. The van der Waals surface area contributed by atoms with Crippen LogP contribution in [0.4, 0.5) is 0 Å². The average Bonchev–Trinajstić information content (AvgIpc) is 2.27. The summed E-state index contributed by atoms with van der Waals surface area (Å²) in [6, 6.07) is 7.39. The normalized spacial score (nSPS) is 11.9. The molecule has 0 saturated heterocycles. The zero-order chi connectivity index (χ0) is 12.1. The van der Waals surface area contributed by atoms with Crippen LogP contribution in [-0.4, -0.2) is 24.2 Å². The Morgan fingerprint density at radius 3 is 2.31 bits per heavy atom. The Balaban J connectivity index is 2.80. The van der Waals surface area contributed by atoms with E-state index in [2.05, 4.69) is 4.74 Å². The topological polar surface area (TPSA) is 63.6 Å². The van der Waals surface area contributed by atoms with Gasteiger partial charge in [0, 0.05) is 0 Å². The van der Waals surface area contributed by atoms with Gasteiger partial charge in [-0.25, -0.2) is 0 Å². The fraction of sp³-hybridized carbons (Fsp3) is 0.333. The molecule has 0 saturated carbocycles. The summed E-state index contributed by atoms with van der Waals surface area (Å²) < 4.78 is 4.45. The number of ether oxygens (including phenoxy) is 1. The molecule has 0 radical (unpaired) electrons. The van der Waals surface area contributed by atoms with Gasteiger partial charge >= 0.3 is 11.9 Å². The summed E-state index contributed by atoms with van der Waals surface area (Å²) in [5.74, 6) is -3.01. The minimum absolute atomic E-state index is 0.155. The first-order valence-electron chi connectivity index (χ1n) is 4.90. The minimum atomic E-state index is -1.16. The van der Waals surface area contributed by atoms with Crippen LogP contribution in [0.25, 0.3) is 0 Å². The van der Waals surface area contributed by atoms with Gasteiger partial charge in [-0.05, 0) is 18.9 Å². The lowest BCUT2D eigenvalue weighted by Crippen LogP contribution is -2.27. The SMILES string of the molecule is COC(=O)C(Cc1ccc(C)cc1)C(=O)O. The van der Waals surface area contributed by atoms with Gasteiger partial charge < -0.3 is 9.84 Å². The van der Waals surface area contributed by atoms with Gasteiger partial charge in [-0.2, -0.15) is 0 Å². The van der Waals surface area contributed by atoms with Crippen molar-refractivity contribution in [3.8, 4) is 0 Å². The Bertz CT molecular complexity index is 381. The van der Waals surface area contributed by atoms with E-state index in [1.165, 1.54) is 7.11 Å². The second kappa shape index (κ2) is 5.30. The molecule has 1 aromatic carbocycles. The van der Waals surface area contributed by atoms with E-state index in [0.29, 0.717) is 0 Å². The fourth-order valence-corrected chi connectivity index (χ4v) is 1.37. The lowest BCUT2D eigenvalue weighted by molar-refractivity contribution is -0.156. The summed E-state index contributed by atoms with van der Waals surface area (Å²) in [4.78, 5) is 22.1. The van der Waals surface area contributed by atoms with Gasteiger partial charge in [0.15, 0.2) is 5.92 Å². The summed E-state index contributed by atoms with van der Waals surface area (Å²) in [6.07, 6.45) is 0.155. The van der Waals surface area contributed by atoms with Crippen molar-refractivity contribution in [1.82, 2.24) is 0 Å². The van der Waals surface area contributed by atoms with Gasteiger partial charge in [0.25, 0.3) is 0 Å². The van der Waals surface area contributed by atoms with Crippen molar-refractivity contribution in [2.24, 2.45) is 5.92 Å². The van der Waals surface area contributed by atoms with Gasteiger partial charge in [-0.3, -0.25) is 9.59 Å². The van der Waals surface area contributed by atoms with E-state index in [0.717, 1.165) is 11.1 Å². The van der Waals surface area contributed by atoms with Crippen LogP contribution in [0, 0.1) is 12.8 Å². The maximum Gasteiger partial charge on any atom is 0.320 e. The molecule has 0 aliphatic carbocycles. The number of esters is 1. The highest BCUT2D eigenvalue weighted by atomic mass is 16.5. The smallest absolute Gasteiger partial charge is 0.320 e. The first kappa shape index (κ1) is 12.2. The average molecular weight is 222 g/mol. The van der Waals surface area contributed by atoms with E-state index >= 15 is 0 Å². The Morgan fingerprint density at radius 2 is 1.88 bits per heavy atom. The summed E-state index contributed by atoms with van der Waals surface area (Å²) in [5.41, 5.74) is 1.90. The van der Waals surface area contributed by atoms with Crippen LogP contribution in [0.5, 0.6) is 0 Å². The predicted molar refractivity (Wildman–Crippen MR) is 58.0 cm³/mol. The molecule has 4 heteroatoms. The summed E-state index contributed by atoms with van der Waals surface area (Å²) >= 11 is 0. The number of hydrogen-bond acceptors (Lipinski definition) is 3. The van der Waals surface area contributed by atoms with E-state index in [9.17, 15) is 9.59 Å². The van der Waals surface area contributed by atoms with E-state index < -0.39 is 17.9 Å². The molecule has 0 aliphatic rings. The summed E-state index contributed by atoms with van der Waals surface area (Å²) in [7, 11) is 1.19. The van der Waals surface area contributed by atoms with Crippen LogP contribution >= 0.6 is 0 Å². The number of aryl methyl sites for hydroxylation is 1. The fourth-order valence-electron chi connectivity index (χ4n) is 1.37. The molecule has 1 rings (SSSR count). The minimum Gasteiger partial charge on any atom is -0.481 e. The van der Waals surface area contributed by atoms with Gasteiger partial charge in [-0.1, -0.05) is 29.8 Å². The number of carboxylic acid groups (broad SMARTS) is 1. The second-order valence-corrected chi connectivity index (χ2v) is 3.60. The van der Waals surface area contributed by atoms with Gasteiger partial charge in [-0.15, -0.1) is 0 Å². The first-order chi connectivity index (χ1) is 7.54. The molecule has 86 valence electrons. The lowest BCUT2D eigenvalue weighted by atomic mass is 9.99. The standard InChI is InChI=1S/C12H14O4/c1-8-3-5-9(6-4-8)7-10(11(13)14)12(15)16-2/h3-6,10H,7H2,1-2H3,(H,13,14). The third kappa shape index (κ3) is 3.08. The molecule has 1 aromatic rings. The van der Waals surface area contributed by atoms with Crippen molar-refractivity contribution in [2.75, 3.05) is 7.11 Å². The van der Waals surface area contributed by atoms with Crippen molar-refractivity contribution in [1.29, 1.82) is 0 Å². The number of methoxy groups -OCH3 is 1. The number of carboxylic acids is 1. The molecule has 0 heterocycles. The van der Waals surface area contributed by atoms with Crippen LogP contribution in [0.15, 0.2) is 24.3 Å².